The highest BCUT2D eigenvalue weighted by molar-refractivity contribution is 5.82. The van der Waals surface area contributed by atoms with Gasteiger partial charge in [0.05, 0.1) is 11.6 Å². The first-order valence-electron chi connectivity index (χ1n) is 8.67. The summed E-state index contributed by atoms with van der Waals surface area (Å²) in [4.78, 5) is 2.61. The molecule has 1 heteroatoms. The highest BCUT2D eigenvalue weighted by atomic mass is 15.2. The lowest BCUT2D eigenvalue weighted by Crippen LogP contribution is -2.51. The van der Waals surface area contributed by atoms with Crippen molar-refractivity contribution in [3.8, 4) is 0 Å². The van der Waals surface area contributed by atoms with Gasteiger partial charge in [-0.2, -0.15) is 0 Å². The Morgan fingerprint density at radius 1 is 1.09 bits per heavy atom. The van der Waals surface area contributed by atoms with Crippen LogP contribution in [0, 0.1) is 6.92 Å². The van der Waals surface area contributed by atoms with Crippen molar-refractivity contribution in [3.63, 3.8) is 0 Å². The van der Waals surface area contributed by atoms with E-state index in [9.17, 15) is 0 Å². The molecule has 0 aromatic heterocycles. The van der Waals surface area contributed by atoms with Crippen LogP contribution in [0.15, 0.2) is 49.0 Å². The molecule has 2 aliphatic rings. The Hall–Kier alpha value is -2.02. The molecule has 1 aliphatic heterocycles. The van der Waals surface area contributed by atoms with E-state index in [-0.39, 0.29) is 5.54 Å². The molecular formula is C22H25N. The summed E-state index contributed by atoms with van der Waals surface area (Å²) in [5.41, 5.74) is 8.24. The van der Waals surface area contributed by atoms with E-state index in [0.29, 0.717) is 6.04 Å². The third-order valence-corrected chi connectivity index (χ3v) is 5.74. The summed E-state index contributed by atoms with van der Waals surface area (Å²) in [6, 6.07) is 16.2. The zero-order chi connectivity index (χ0) is 16.2. The van der Waals surface area contributed by atoms with Crippen LogP contribution in [0.3, 0.4) is 0 Å². The third-order valence-electron chi connectivity index (χ3n) is 5.74. The molecule has 4 rings (SSSR count). The number of rotatable bonds is 1. The number of nitrogens with zero attached hydrogens (tertiary/aromatic N) is 1. The Balaban J connectivity index is 1.94. The normalized spacial score (nSPS) is 22.0. The van der Waals surface area contributed by atoms with E-state index in [1.54, 1.807) is 0 Å². The van der Waals surface area contributed by atoms with Crippen molar-refractivity contribution in [2.75, 3.05) is 4.90 Å². The Morgan fingerprint density at radius 3 is 2.57 bits per heavy atom. The van der Waals surface area contributed by atoms with Crippen LogP contribution in [0.4, 0.5) is 5.69 Å². The van der Waals surface area contributed by atoms with E-state index in [2.05, 4.69) is 74.7 Å². The van der Waals surface area contributed by atoms with Crippen LogP contribution in [0.25, 0.3) is 5.57 Å². The number of benzene rings is 2. The van der Waals surface area contributed by atoms with E-state index in [0.717, 1.165) is 0 Å². The average Bonchev–Trinajstić information content (AvgIpc) is 2.54. The summed E-state index contributed by atoms with van der Waals surface area (Å²) >= 11 is 0. The molecule has 2 aromatic rings. The lowest BCUT2D eigenvalue weighted by Gasteiger charge is -2.53. The Morgan fingerprint density at radius 2 is 1.83 bits per heavy atom. The number of hydrogen-bond acceptors (Lipinski definition) is 1. The van der Waals surface area contributed by atoms with Crippen molar-refractivity contribution < 1.29 is 0 Å². The number of anilines is 1. The minimum atomic E-state index is -0.0666. The molecule has 2 aromatic carbocycles. The smallest absolute Gasteiger partial charge is 0.0604 e. The molecule has 0 spiro atoms. The summed E-state index contributed by atoms with van der Waals surface area (Å²) in [5, 5.41) is 0. The second-order valence-electron chi connectivity index (χ2n) is 7.53. The van der Waals surface area contributed by atoms with Gasteiger partial charge in [-0.05, 0) is 74.4 Å². The summed E-state index contributed by atoms with van der Waals surface area (Å²) in [6.07, 6.45) is 3.70. The largest absolute Gasteiger partial charge is 0.355 e. The van der Waals surface area contributed by atoms with E-state index in [1.165, 1.54) is 52.8 Å². The van der Waals surface area contributed by atoms with Crippen LogP contribution >= 0.6 is 0 Å². The topological polar surface area (TPSA) is 3.24 Å². The number of hydrogen-bond donors (Lipinski definition) is 0. The maximum Gasteiger partial charge on any atom is 0.0604 e. The minimum absolute atomic E-state index is 0.0666. The first kappa shape index (κ1) is 14.6. The van der Waals surface area contributed by atoms with E-state index in [4.69, 9.17) is 0 Å². The lowest BCUT2D eigenvalue weighted by atomic mass is 9.72. The van der Waals surface area contributed by atoms with Gasteiger partial charge in [-0.25, -0.2) is 0 Å². The standard InChI is InChI=1S/C22H25N/c1-15-11-13-18(14-12-15)23-20-10-6-8-17-7-5-9-19(21(17)20)16(2)22(23,3)4/h5,7,9,11-14,20H,2,6,8,10H2,1,3-4H3. The van der Waals surface area contributed by atoms with Gasteiger partial charge in [0.25, 0.3) is 0 Å². The van der Waals surface area contributed by atoms with E-state index >= 15 is 0 Å². The van der Waals surface area contributed by atoms with Crippen LogP contribution in [0.5, 0.6) is 0 Å². The van der Waals surface area contributed by atoms with Crippen LogP contribution in [0.1, 0.15) is 55.0 Å². The van der Waals surface area contributed by atoms with E-state index < -0.39 is 0 Å². The van der Waals surface area contributed by atoms with Gasteiger partial charge in [-0.3, -0.25) is 0 Å². The molecule has 0 amide bonds. The van der Waals surface area contributed by atoms with Gasteiger partial charge >= 0.3 is 0 Å². The van der Waals surface area contributed by atoms with Crippen molar-refractivity contribution in [3.05, 3.63) is 71.3 Å². The molecule has 0 fully saturated rings. The molecule has 0 saturated carbocycles. The summed E-state index contributed by atoms with van der Waals surface area (Å²) in [5.74, 6) is 0. The third kappa shape index (κ3) is 2.06. The first-order chi connectivity index (χ1) is 11.0. The van der Waals surface area contributed by atoms with Crippen molar-refractivity contribution in [2.24, 2.45) is 0 Å². The van der Waals surface area contributed by atoms with Gasteiger partial charge in [-0.15, -0.1) is 0 Å². The van der Waals surface area contributed by atoms with Gasteiger partial charge in [-0.1, -0.05) is 42.5 Å². The quantitative estimate of drug-likeness (QED) is 0.654. The fraction of sp³-hybridized carbons (Fsp3) is 0.364. The van der Waals surface area contributed by atoms with Crippen molar-refractivity contribution in [1.29, 1.82) is 0 Å². The average molecular weight is 303 g/mol. The molecule has 23 heavy (non-hydrogen) atoms. The highest BCUT2D eigenvalue weighted by Crippen LogP contribution is 2.51. The Kier molecular flexibility index (Phi) is 3.16. The zero-order valence-corrected chi connectivity index (χ0v) is 14.4. The minimum Gasteiger partial charge on any atom is -0.355 e. The predicted octanol–water partition coefficient (Wildman–Crippen LogP) is 5.68. The SMILES string of the molecule is C=C1c2cccc3c2C(CCC3)N(c2ccc(C)cc2)C1(C)C. The van der Waals surface area contributed by atoms with Gasteiger partial charge in [0.15, 0.2) is 0 Å². The molecule has 1 unspecified atom stereocenters. The molecule has 0 saturated heterocycles. The van der Waals surface area contributed by atoms with Crippen molar-refractivity contribution in [1.82, 2.24) is 0 Å². The maximum absolute atomic E-state index is 4.49. The first-order valence-corrected chi connectivity index (χ1v) is 8.67. The Bertz CT molecular complexity index is 767. The predicted molar refractivity (Wildman–Crippen MR) is 98.9 cm³/mol. The van der Waals surface area contributed by atoms with Gasteiger partial charge < -0.3 is 4.90 Å². The molecule has 0 radical (unpaired) electrons. The summed E-state index contributed by atoms with van der Waals surface area (Å²) in [6.45, 7) is 11.3. The molecule has 1 heterocycles. The molecule has 1 aliphatic carbocycles. The summed E-state index contributed by atoms with van der Waals surface area (Å²) in [7, 11) is 0. The molecular weight excluding hydrogens is 278 g/mol. The molecule has 118 valence electrons. The van der Waals surface area contributed by atoms with Crippen LogP contribution in [-0.2, 0) is 6.42 Å². The molecule has 1 nitrogen and oxygen atoms in total. The van der Waals surface area contributed by atoms with Crippen molar-refractivity contribution >= 4 is 11.3 Å². The van der Waals surface area contributed by atoms with Crippen LogP contribution in [0.2, 0.25) is 0 Å². The molecule has 1 atom stereocenters. The van der Waals surface area contributed by atoms with Crippen molar-refractivity contribution in [2.45, 2.75) is 51.6 Å². The van der Waals surface area contributed by atoms with Crippen LogP contribution in [-0.4, -0.2) is 5.54 Å². The lowest BCUT2D eigenvalue weighted by molar-refractivity contribution is 0.430. The second kappa shape index (κ2) is 4.99. The van der Waals surface area contributed by atoms with Gasteiger partial charge in [0.1, 0.15) is 0 Å². The number of aryl methyl sites for hydroxylation is 2. The Labute approximate surface area is 139 Å². The highest BCUT2D eigenvalue weighted by Gasteiger charge is 2.43. The maximum atomic E-state index is 4.49. The molecule has 0 bridgehead atoms. The van der Waals surface area contributed by atoms with Gasteiger partial charge in [0, 0.05) is 5.69 Å². The van der Waals surface area contributed by atoms with E-state index in [1.807, 2.05) is 0 Å². The fourth-order valence-corrected chi connectivity index (χ4v) is 4.45. The van der Waals surface area contributed by atoms with Gasteiger partial charge in [0.2, 0.25) is 0 Å². The zero-order valence-electron chi connectivity index (χ0n) is 14.4. The monoisotopic (exact) mass is 303 g/mol. The fourth-order valence-electron chi connectivity index (χ4n) is 4.45. The molecule has 0 N–H and O–H groups in total. The van der Waals surface area contributed by atoms with Crippen LogP contribution < -0.4 is 4.90 Å². The summed E-state index contributed by atoms with van der Waals surface area (Å²) < 4.78 is 0. The second-order valence-corrected chi connectivity index (χ2v) is 7.53.